The Morgan fingerprint density at radius 1 is 1.13 bits per heavy atom. The van der Waals surface area contributed by atoms with E-state index in [0.717, 1.165) is 30.8 Å². The van der Waals surface area contributed by atoms with Crippen LogP contribution in [-0.2, 0) is 0 Å². The molecule has 0 aromatic heterocycles. The molecule has 1 heterocycles. The summed E-state index contributed by atoms with van der Waals surface area (Å²) in [6, 6.07) is 15.9. The zero-order valence-electron chi connectivity index (χ0n) is 17.8. The molecular weight excluding hydrogens is 394 g/mol. The lowest BCUT2D eigenvalue weighted by molar-refractivity contribution is 0.0977. The van der Waals surface area contributed by atoms with Crippen molar-refractivity contribution in [2.24, 2.45) is 0 Å². The van der Waals surface area contributed by atoms with E-state index in [-0.39, 0.29) is 11.0 Å². The molecule has 1 aliphatic heterocycles. The van der Waals surface area contributed by atoms with Crippen LogP contribution in [0.15, 0.2) is 48.5 Å². The number of nitrogens with one attached hydrogen (secondary N) is 2. The van der Waals surface area contributed by atoms with Crippen molar-refractivity contribution in [3.63, 3.8) is 0 Å². The summed E-state index contributed by atoms with van der Waals surface area (Å²) in [5, 5.41) is 6.10. The molecule has 1 amide bonds. The SMILES string of the molecule is CCCCOc1ccc(C(=O)NC(=S)Nc2ccc(N3CCCCC3C)cc2)cc1. The lowest BCUT2D eigenvalue weighted by atomic mass is 10.0. The summed E-state index contributed by atoms with van der Waals surface area (Å²) < 4.78 is 5.63. The third-order valence-corrected chi connectivity index (χ3v) is 5.57. The number of nitrogens with zero attached hydrogens (tertiary/aromatic N) is 1. The topological polar surface area (TPSA) is 53.6 Å². The van der Waals surface area contributed by atoms with E-state index in [2.05, 4.69) is 41.5 Å². The summed E-state index contributed by atoms with van der Waals surface area (Å²) >= 11 is 5.31. The largest absolute Gasteiger partial charge is 0.494 e. The average Bonchev–Trinajstić information content (AvgIpc) is 2.75. The third kappa shape index (κ3) is 6.20. The first-order valence-electron chi connectivity index (χ1n) is 10.8. The van der Waals surface area contributed by atoms with Gasteiger partial charge in [-0.25, -0.2) is 0 Å². The molecule has 0 aliphatic carbocycles. The number of benzene rings is 2. The van der Waals surface area contributed by atoms with Gasteiger partial charge in [0.15, 0.2) is 5.11 Å². The average molecular weight is 426 g/mol. The van der Waals surface area contributed by atoms with Crippen molar-refractivity contribution < 1.29 is 9.53 Å². The molecule has 1 unspecified atom stereocenters. The molecule has 5 nitrogen and oxygen atoms in total. The fraction of sp³-hybridized carbons (Fsp3) is 0.417. The molecule has 0 bridgehead atoms. The van der Waals surface area contributed by atoms with E-state index in [1.54, 1.807) is 24.3 Å². The summed E-state index contributed by atoms with van der Waals surface area (Å²) in [7, 11) is 0. The third-order valence-electron chi connectivity index (χ3n) is 5.37. The highest BCUT2D eigenvalue weighted by Gasteiger charge is 2.18. The molecule has 1 saturated heterocycles. The predicted octanol–water partition coefficient (Wildman–Crippen LogP) is 5.37. The van der Waals surface area contributed by atoms with E-state index in [9.17, 15) is 4.79 Å². The molecule has 0 spiro atoms. The van der Waals surface area contributed by atoms with Gasteiger partial charge in [-0.1, -0.05) is 13.3 Å². The molecule has 30 heavy (non-hydrogen) atoms. The molecule has 2 N–H and O–H groups in total. The summed E-state index contributed by atoms with van der Waals surface area (Å²) in [6.07, 6.45) is 5.89. The number of rotatable bonds is 7. The van der Waals surface area contributed by atoms with Crippen LogP contribution >= 0.6 is 12.2 Å². The van der Waals surface area contributed by atoms with Crippen LogP contribution in [0.5, 0.6) is 5.75 Å². The number of piperidine rings is 1. The highest BCUT2D eigenvalue weighted by molar-refractivity contribution is 7.80. The summed E-state index contributed by atoms with van der Waals surface area (Å²) in [4.78, 5) is 14.9. The van der Waals surface area contributed by atoms with Crippen LogP contribution < -0.4 is 20.3 Å². The molecule has 2 aromatic carbocycles. The Morgan fingerprint density at radius 2 is 1.87 bits per heavy atom. The monoisotopic (exact) mass is 425 g/mol. The van der Waals surface area contributed by atoms with Crippen LogP contribution in [0.3, 0.4) is 0 Å². The number of unbranched alkanes of at least 4 members (excludes halogenated alkanes) is 1. The maximum Gasteiger partial charge on any atom is 0.257 e. The van der Waals surface area contributed by atoms with E-state index in [1.807, 2.05) is 12.1 Å². The standard InChI is InChI=1S/C24H31N3O2S/c1-3-4-17-29-22-14-8-19(9-15-22)23(28)26-24(30)25-20-10-12-21(13-11-20)27-16-6-5-7-18(27)2/h8-15,18H,3-7,16-17H2,1-2H3,(H2,25,26,28,30). The molecule has 0 radical (unpaired) electrons. The van der Waals surface area contributed by atoms with Crippen LogP contribution in [0.2, 0.25) is 0 Å². The van der Waals surface area contributed by atoms with E-state index >= 15 is 0 Å². The minimum Gasteiger partial charge on any atom is -0.494 e. The van der Waals surface area contributed by atoms with Gasteiger partial charge in [-0.3, -0.25) is 10.1 Å². The van der Waals surface area contributed by atoms with Crippen molar-refractivity contribution in [1.82, 2.24) is 5.32 Å². The van der Waals surface area contributed by atoms with Gasteiger partial charge in [-0.2, -0.15) is 0 Å². The smallest absolute Gasteiger partial charge is 0.257 e. The van der Waals surface area contributed by atoms with Crippen LogP contribution in [-0.4, -0.2) is 30.2 Å². The number of carbonyl (C=O) groups is 1. The van der Waals surface area contributed by atoms with Crippen LogP contribution in [0.1, 0.15) is 56.3 Å². The minimum atomic E-state index is -0.244. The van der Waals surface area contributed by atoms with E-state index in [0.29, 0.717) is 18.2 Å². The minimum absolute atomic E-state index is 0.244. The van der Waals surface area contributed by atoms with E-state index in [4.69, 9.17) is 17.0 Å². The number of amides is 1. The lowest BCUT2D eigenvalue weighted by Gasteiger charge is -2.35. The van der Waals surface area contributed by atoms with Crippen molar-refractivity contribution in [2.75, 3.05) is 23.4 Å². The highest BCUT2D eigenvalue weighted by atomic mass is 32.1. The van der Waals surface area contributed by atoms with Crippen LogP contribution in [0.4, 0.5) is 11.4 Å². The number of hydrogen-bond acceptors (Lipinski definition) is 4. The molecule has 160 valence electrons. The Bertz CT molecular complexity index is 837. The van der Waals surface area contributed by atoms with Gasteiger partial charge in [-0.15, -0.1) is 0 Å². The second-order valence-electron chi connectivity index (χ2n) is 7.72. The van der Waals surface area contributed by atoms with Gasteiger partial charge in [0.1, 0.15) is 5.75 Å². The summed E-state index contributed by atoms with van der Waals surface area (Å²) in [5.74, 6) is 0.523. The molecule has 1 fully saturated rings. The molecule has 2 aromatic rings. The lowest BCUT2D eigenvalue weighted by Crippen LogP contribution is -2.37. The van der Waals surface area contributed by atoms with E-state index < -0.39 is 0 Å². The van der Waals surface area contributed by atoms with Gasteiger partial charge in [0.25, 0.3) is 5.91 Å². The Balaban J connectivity index is 1.50. The Kier molecular flexibility index (Phi) is 8.08. The predicted molar refractivity (Wildman–Crippen MR) is 128 cm³/mol. The Morgan fingerprint density at radius 3 is 2.53 bits per heavy atom. The van der Waals surface area contributed by atoms with Gasteiger partial charge in [0.05, 0.1) is 6.61 Å². The van der Waals surface area contributed by atoms with Crippen molar-refractivity contribution in [3.8, 4) is 5.75 Å². The van der Waals surface area contributed by atoms with Crippen molar-refractivity contribution in [1.29, 1.82) is 0 Å². The van der Waals surface area contributed by atoms with Crippen molar-refractivity contribution in [3.05, 3.63) is 54.1 Å². The van der Waals surface area contributed by atoms with Gasteiger partial charge in [-0.05, 0) is 93.4 Å². The summed E-state index contributed by atoms with van der Waals surface area (Å²) in [5.41, 5.74) is 2.62. The Labute approximate surface area is 184 Å². The fourth-order valence-electron chi connectivity index (χ4n) is 3.59. The molecule has 1 aliphatic rings. The molecule has 1 atom stereocenters. The number of thiocarbonyl (C=S) groups is 1. The normalized spacial score (nSPS) is 16.1. The maximum atomic E-state index is 12.4. The second-order valence-corrected chi connectivity index (χ2v) is 8.13. The number of ether oxygens (including phenoxy) is 1. The summed E-state index contributed by atoms with van der Waals surface area (Å²) in [6.45, 7) is 6.19. The zero-order valence-corrected chi connectivity index (χ0v) is 18.6. The highest BCUT2D eigenvalue weighted by Crippen LogP contribution is 2.25. The fourth-order valence-corrected chi connectivity index (χ4v) is 3.80. The maximum absolute atomic E-state index is 12.4. The molecule has 0 saturated carbocycles. The van der Waals surface area contributed by atoms with Crippen molar-refractivity contribution in [2.45, 2.75) is 52.0 Å². The van der Waals surface area contributed by atoms with Crippen LogP contribution in [0, 0.1) is 0 Å². The first kappa shape index (κ1) is 22.1. The second kappa shape index (κ2) is 11.0. The van der Waals surface area contributed by atoms with E-state index in [1.165, 1.54) is 24.9 Å². The zero-order chi connectivity index (χ0) is 21.3. The number of hydrogen-bond donors (Lipinski definition) is 2. The van der Waals surface area contributed by atoms with Gasteiger partial charge < -0.3 is 15.0 Å². The van der Waals surface area contributed by atoms with Gasteiger partial charge in [0.2, 0.25) is 0 Å². The molecule has 3 rings (SSSR count). The Hall–Kier alpha value is -2.60. The molecular formula is C24H31N3O2S. The number of anilines is 2. The first-order chi connectivity index (χ1) is 14.6. The number of carbonyl (C=O) groups excluding carboxylic acids is 1. The van der Waals surface area contributed by atoms with Gasteiger partial charge >= 0.3 is 0 Å². The quantitative estimate of drug-likeness (QED) is 0.461. The van der Waals surface area contributed by atoms with Crippen molar-refractivity contribution >= 4 is 34.6 Å². The van der Waals surface area contributed by atoms with Gasteiger partial charge in [0, 0.05) is 29.5 Å². The first-order valence-corrected chi connectivity index (χ1v) is 11.2. The molecule has 6 heteroatoms. The van der Waals surface area contributed by atoms with Crippen LogP contribution in [0.25, 0.3) is 0 Å².